The van der Waals surface area contributed by atoms with Crippen molar-refractivity contribution in [3.63, 3.8) is 0 Å². The van der Waals surface area contributed by atoms with Crippen molar-refractivity contribution < 1.29 is 9.63 Å². The van der Waals surface area contributed by atoms with Crippen LogP contribution in [0, 0.1) is 0 Å². The number of hydrogen-bond donors (Lipinski definition) is 1. The lowest BCUT2D eigenvalue weighted by Gasteiger charge is -2.08. The van der Waals surface area contributed by atoms with E-state index in [9.17, 15) is 14.4 Å². The number of nitrogens with one attached hydrogen (secondary N) is 1. The van der Waals surface area contributed by atoms with Crippen molar-refractivity contribution in [3.8, 4) is 0 Å². The Morgan fingerprint density at radius 1 is 1.30 bits per heavy atom. The average Bonchev–Trinajstić information content (AvgIpc) is 2.47. The molecule has 0 spiro atoms. The summed E-state index contributed by atoms with van der Waals surface area (Å²) in [5.74, 6) is -0.540. The molecular formula is C12H14N4O4. The van der Waals surface area contributed by atoms with E-state index < -0.39 is 17.2 Å². The Morgan fingerprint density at radius 2 is 2.00 bits per heavy atom. The van der Waals surface area contributed by atoms with Crippen molar-refractivity contribution in [1.82, 2.24) is 19.6 Å². The molecule has 8 nitrogen and oxygen atoms in total. The SMILES string of the molecule is CCONC(=O)c1ccc2c(=O)n(C)c(=O)n(C)c2n1. The van der Waals surface area contributed by atoms with E-state index in [1.807, 2.05) is 0 Å². The maximum atomic E-state index is 11.9. The first-order valence-electron chi connectivity index (χ1n) is 5.96. The first-order chi connectivity index (χ1) is 9.47. The van der Waals surface area contributed by atoms with E-state index >= 15 is 0 Å². The van der Waals surface area contributed by atoms with E-state index in [2.05, 4.69) is 10.5 Å². The van der Waals surface area contributed by atoms with Gasteiger partial charge in [0.1, 0.15) is 11.3 Å². The molecule has 1 amide bonds. The number of amides is 1. The fraction of sp³-hybridized carbons (Fsp3) is 0.333. The van der Waals surface area contributed by atoms with Gasteiger partial charge in [-0.05, 0) is 19.1 Å². The predicted molar refractivity (Wildman–Crippen MR) is 71.3 cm³/mol. The van der Waals surface area contributed by atoms with Gasteiger partial charge in [-0.2, -0.15) is 0 Å². The second-order valence-corrected chi connectivity index (χ2v) is 4.14. The number of aromatic nitrogens is 3. The predicted octanol–water partition coefficient (Wildman–Crippen LogP) is -0.686. The molecule has 0 radical (unpaired) electrons. The highest BCUT2D eigenvalue weighted by atomic mass is 16.6. The fourth-order valence-electron chi connectivity index (χ4n) is 1.77. The summed E-state index contributed by atoms with van der Waals surface area (Å²) in [6.07, 6.45) is 0. The molecule has 0 saturated heterocycles. The molecule has 0 aromatic carbocycles. The van der Waals surface area contributed by atoms with Crippen LogP contribution in [0.15, 0.2) is 21.7 Å². The zero-order chi connectivity index (χ0) is 14.9. The lowest BCUT2D eigenvalue weighted by Crippen LogP contribution is -2.37. The van der Waals surface area contributed by atoms with Gasteiger partial charge in [-0.25, -0.2) is 15.3 Å². The van der Waals surface area contributed by atoms with Gasteiger partial charge in [0.25, 0.3) is 11.5 Å². The number of hydroxylamine groups is 1. The minimum absolute atomic E-state index is 0.0641. The zero-order valence-electron chi connectivity index (χ0n) is 11.3. The second kappa shape index (κ2) is 5.25. The quantitative estimate of drug-likeness (QED) is 0.750. The highest BCUT2D eigenvalue weighted by Crippen LogP contribution is 2.06. The van der Waals surface area contributed by atoms with Gasteiger partial charge in [0.2, 0.25) is 0 Å². The van der Waals surface area contributed by atoms with Crippen LogP contribution in [0.3, 0.4) is 0 Å². The Balaban J connectivity index is 2.63. The van der Waals surface area contributed by atoms with Gasteiger partial charge in [-0.3, -0.25) is 23.6 Å². The van der Waals surface area contributed by atoms with Gasteiger partial charge in [-0.15, -0.1) is 0 Å². The molecule has 2 rings (SSSR count). The number of hydrogen-bond acceptors (Lipinski definition) is 5. The summed E-state index contributed by atoms with van der Waals surface area (Å²) in [6, 6.07) is 2.87. The van der Waals surface area contributed by atoms with Crippen LogP contribution in [0.4, 0.5) is 0 Å². The van der Waals surface area contributed by atoms with E-state index in [1.54, 1.807) is 6.92 Å². The maximum absolute atomic E-state index is 11.9. The number of rotatable bonds is 3. The molecule has 0 unspecified atom stereocenters. The highest BCUT2D eigenvalue weighted by molar-refractivity contribution is 5.93. The van der Waals surface area contributed by atoms with Crippen LogP contribution in [0.25, 0.3) is 11.0 Å². The number of fused-ring (bicyclic) bond motifs is 1. The summed E-state index contributed by atoms with van der Waals surface area (Å²) in [7, 11) is 2.88. The molecule has 2 heterocycles. The lowest BCUT2D eigenvalue weighted by atomic mass is 10.2. The van der Waals surface area contributed by atoms with Crippen LogP contribution < -0.4 is 16.7 Å². The molecule has 0 fully saturated rings. The van der Waals surface area contributed by atoms with Crippen molar-refractivity contribution in [1.29, 1.82) is 0 Å². The standard InChI is InChI=1S/C12H14N4O4/c1-4-20-14-10(17)8-6-5-7-9(13-8)15(2)12(19)16(3)11(7)18/h5-6H,4H2,1-3H3,(H,14,17). The molecule has 0 aliphatic rings. The van der Waals surface area contributed by atoms with Crippen molar-refractivity contribution in [2.75, 3.05) is 6.61 Å². The molecule has 2 aromatic heterocycles. The molecule has 0 bridgehead atoms. The Hall–Kier alpha value is -2.48. The monoisotopic (exact) mass is 278 g/mol. The normalized spacial score (nSPS) is 10.8. The van der Waals surface area contributed by atoms with Crippen LogP contribution in [0.5, 0.6) is 0 Å². The molecule has 0 aliphatic carbocycles. The van der Waals surface area contributed by atoms with Crippen molar-refractivity contribution in [2.24, 2.45) is 14.1 Å². The summed E-state index contributed by atoms with van der Waals surface area (Å²) < 4.78 is 2.21. The smallest absolute Gasteiger partial charge is 0.280 e. The topological polar surface area (TPSA) is 95.2 Å². The van der Waals surface area contributed by atoms with Crippen LogP contribution in [0.2, 0.25) is 0 Å². The Morgan fingerprint density at radius 3 is 2.65 bits per heavy atom. The maximum Gasteiger partial charge on any atom is 0.332 e. The molecule has 20 heavy (non-hydrogen) atoms. The highest BCUT2D eigenvalue weighted by Gasteiger charge is 2.13. The molecule has 1 N–H and O–H groups in total. The van der Waals surface area contributed by atoms with Gasteiger partial charge in [0, 0.05) is 14.1 Å². The third-order valence-corrected chi connectivity index (χ3v) is 2.84. The summed E-state index contributed by atoms with van der Waals surface area (Å²) >= 11 is 0. The zero-order valence-corrected chi connectivity index (χ0v) is 11.3. The number of aryl methyl sites for hydroxylation is 1. The molecule has 8 heteroatoms. The molecule has 0 saturated carbocycles. The Labute approximate surface area is 113 Å². The molecule has 2 aromatic rings. The van der Waals surface area contributed by atoms with Gasteiger partial charge in [0.15, 0.2) is 0 Å². The summed E-state index contributed by atoms with van der Waals surface area (Å²) in [4.78, 5) is 44.3. The molecule has 0 atom stereocenters. The Bertz CT molecular complexity index is 790. The second-order valence-electron chi connectivity index (χ2n) is 4.14. The summed E-state index contributed by atoms with van der Waals surface area (Å²) in [5.41, 5.74) is 1.47. The first kappa shape index (κ1) is 13.9. The van der Waals surface area contributed by atoms with Crippen LogP contribution in [-0.4, -0.2) is 26.6 Å². The van der Waals surface area contributed by atoms with Crippen molar-refractivity contribution in [2.45, 2.75) is 6.92 Å². The minimum atomic E-state index is -0.540. The van der Waals surface area contributed by atoms with Gasteiger partial charge in [0.05, 0.1) is 12.0 Å². The van der Waals surface area contributed by atoms with Crippen LogP contribution in [-0.2, 0) is 18.9 Å². The summed E-state index contributed by atoms with van der Waals surface area (Å²) in [6.45, 7) is 2.04. The third-order valence-electron chi connectivity index (χ3n) is 2.84. The van der Waals surface area contributed by atoms with E-state index in [0.717, 1.165) is 4.57 Å². The molecule has 0 aliphatic heterocycles. The number of nitrogens with zero attached hydrogens (tertiary/aromatic N) is 3. The molecule has 106 valence electrons. The van der Waals surface area contributed by atoms with E-state index in [4.69, 9.17) is 4.84 Å². The van der Waals surface area contributed by atoms with E-state index in [-0.39, 0.29) is 16.7 Å². The number of pyridine rings is 1. The van der Waals surface area contributed by atoms with Crippen molar-refractivity contribution in [3.05, 3.63) is 38.7 Å². The van der Waals surface area contributed by atoms with Gasteiger partial charge in [-0.1, -0.05) is 0 Å². The summed E-state index contributed by atoms with van der Waals surface area (Å²) in [5, 5.41) is 0.266. The minimum Gasteiger partial charge on any atom is -0.280 e. The Kier molecular flexibility index (Phi) is 3.66. The number of carbonyl (C=O) groups is 1. The van der Waals surface area contributed by atoms with Gasteiger partial charge < -0.3 is 0 Å². The first-order valence-corrected chi connectivity index (χ1v) is 5.96. The van der Waals surface area contributed by atoms with Crippen LogP contribution >= 0.6 is 0 Å². The number of carbonyl (C=O) groups excluding carboxylic acids is 1. The van der Waals surface area contributed by atoms with E-state index in [0.29, 0.717) is 6.61 Å². The van der Waals surface area contributed by atoms with E-state index in [1.165, 1.54) is 30.8 Å². The fourth-order valence-corrected chi connectivity index (χ4v) is 1.77. The van der Waals surface area contributed by atoms with Crippen molar-refractivity contribution >= 4 is 16.9 Å². The largest absolute Gasteiger partial charge is 0.332 e. The third kappa shape index (κ3) is 2.21. The van der Waals surface area contributed by atoms with Crippen LogP contribution in [0.1, 0.15) is 17.4 Å². The lowest BCUT2D eigenvalue weighted by molar-refractivity contribution is 0.0360. The van der Waals surface area contributed by atoms with Gasteiger partial charge >= 0.3 is 5.69 Å². The average molecular weight is 278 g/mol. The molecular weight excluding hydrogens is 264 g/mol.